The van der Waals surface area contributed by atoms with Crippen LogP contribution in [0, 0.1) is 11.6 Å². The molecule has 1 aliphatic heterocycles. The molecule has 0 radical (unpaired) electrons. The number of rotatable bonds is 1. The molecule has 1 saturated heterocycles. The first-order chi connectivity index (χ1) is 12.6. The number of thiophene rings is 1. The van der Waals surface area contributed by atoms with E-state index in [0.717, 1.165) is 53.0 Å². The molecular weight excluding hydrogens is 352 g/mol. The maximum atomic E-state index is 14.8. The number of nitrogens with zero attached hydrogens (tertiary/aromatic N) is 1. The fourth-order valence-corrected chi connectivity index (χ4v) is 5.30. The highest BCUT2D eigenvalue weighted by Gasteiger charge is 2.31. The third-order valence-corrected chi connectivity index (χ3v) is 6.56. The smallest absolute Gasteiger partial charge is 0.167 e. The summed E-state index contributed by atoms with van der Waals surface area (Å²) in [4.78, 5) is 3.19. The molecule has 132 valence electrons. The van der Waals surface area contributed by atoms with Crippen LogP contribution in [0.1, 0.15) is 30.1 Å². The van der Waals surface area contributed by atoms with Crippen molar-refractivity contribution in [2.45, 2.75) is 18.9 Å². The van der Waals surface area contributed by atoms with E-state index in [1.165, 1.54) is 6.07 Å². The molecule has 1 fully saturated rings. The van der Waals surface area contributed by atoms with E-state index in [2.05, 4.69) is 4.90 Å². The first-order valence-electron chi connectivity index (χ1n) is 8.79. The molecule has 0 amide bonds. The van der Waals surface area contributed by atoms with E-state index in [1.807, 2.05) is 30.3 Å². The Labute approximate surface area is 154 Å². The van der Waals surface area contributed by atoms with Gasteiger partial charge in [-0.2, -0.15) is 0 Å². The van der Waals surface area contributed by atoms with Crippen LogP contribution in [0.25, 0.3) is 21.6 Å². The lowest BCUT2D eigenvalue weighted by Crippen LogP contribution is -2.15. The molecule has 0 saturated carbocycles. The topological polar surface area (TPSA) is 23.5 Å². The molecule has 1 N–H and O–H groups in total. The van der Waals surface area contributed by atoms with Crippen molar-refractivity contribution >= 4 is 16.3 Å². The second kappa shape index (κ2) is 5.89. The number of fused-ring (bicyclic) bond motifs is 5. The molecule has 2 nitrogen and oxygen atoms in total. The third-order valence-electron chi connectivity index (χ3n) is 5.33. The first kappa shape index (κ1) is 16.0. The average Bonchev–Trinajstić information content (AvgIpc) is 3.31. The minimum Gasteiger partial charge on any atom is -0.384 e. The molecule has 0 bridgehead atoms. The van der Waals surface area contributed by atoms with Crippen LogP contribution in [-0.4, -0.2) is 18.2 Å². The van der Waals surface area contributed by atoms with Crippen LogP contribution in [0.15, 0.2) is 42.5 Å². The van der Waals surface area contributed by atoms with Gasteiger partial charge in [0, 0.05) is 29.1 Å². The predicted octanol–water partition coefficient (Wildman–Crippen LogP) is 5.36. The van der Waals surface area contributed by atoms with E-state index in [1.54, 1.807) is 11.3 Å². The van der Waals surface area contributed by atoms with Crippen molar-refractivity contribution < 1.29 is 13.9 Å². The van der Waals surface area contributed by atoms with Crippen molar-refractivity contribution in [2.75, 3.05) is 18.0 Å². The van der Waals surface area contributed by atoms with Crippen LogP contribution < -0.4 is 4.90 Å². The summed E-state index contributed by atoms with van der Waals surface area (Å²) in [5.74, 6) is -1.77. The van der Waals surface area contributed by atoms with Gasteiger partial charge in [0.25, 0.3) is 0 Å². The first-order valence-corrected chi connectivity index (χ1v) is 9.61. The Hall–Kier alpha value is -2.24. The van der Waals surface area contributed by atoms with Gasteiger partial charge in [0.2, 0.25) is 0 Å². The zero-order valence-electron chi connectivity index (χ0n) is 14.0. The molecule has 0 spiro atoms. The van der Waals surface area contributed by atoms with Gasteiger partial charge in [0.05, 0.1) is 5.00 Å². The van der Waals surface area contributed by atoms with Gasteiger partial charge in [0.1, 0.15) is 6.10 Å². The predicted molar refractivity (Wildman–Crippen MR) is 101 cm³/mol. The Morgan fingerprint density at radius 2 is 1.73 bits per heavy atom. The summed E-state index contributed by atoms with van der Waals surface area (Å²) in [5.41, 5.74) is 2.90. The standard InChI is InChI=1S/C21H17F2NOS/c22-16-8-7-14-18(19(16)23)15-11-17(24-9-3-4-10-24)26-21(15)13-6-2-1-5-12(13)20(14)25/h1-2,5-8,11,20,25H,3-4,9-10H2. The maximum absolute atomic E-state index is 14.8. The van der Waals surface area contributed by atoms with E-state index in [9.17, 15) is 13.9 Å². The Balaban J connectivity index is 1.84. The highest BCUT2D eigenvalue weighted by Crippen LogP contribution is 2.51. The number of hydrogen-bond acceptors (Lipinski definition) is 3. The molecule has 1 aliphatic carbocycles. The fourth-order valence-electron chi connectivity index (χ4n) is 4.03. The van der Waals surface area contributed by atoms with Gasteiger partial charge in [-0.3, -0.25) is 0 Å². The molecule has 2 aromatic carbocycles. The monoisotopic (exact) mass is 369 g/mol. The molecule has 5 rings (SSSR count). The minimum atomic E-state index is -0.980. The zero-order valence-corrected chi connectivity index (χ0v) is 14.8. The molecule has 2 aliphatic rings. The molecule has 1 atom stereocenters. The molecule has 5 heteroatoms. The van der Waals surface area contributed by atoms with Gasteiger partial charge >= 0.3 is 0 Å². The Morgan fingerprint density at radius 1 is 0.962 bits per heavy atom. The normalized spacial score (nSPS) is 18.3. The number of hydrogen-bond donors (Lipinski definition) is 1. The van der Waals surface area contributed by atoms with Gasteiger partial charge in [0.15, 0.2) is 11.6 Å². The molecule has 1 aromatic heterocycles. The number of halogens is 2. The second-order valence-corrected chi connectivity index (χ2v) is 7.87. The van der Waals surface area contributed by atoms with Crippen molar-refractivity contribution in [3.8, 4) is 21.6 Å². The quantitative estimate of drug-likeness (QED) is 0.625. The maximum Gasteiger partial charge on any atom is 0.167 e. The fraction of sp³-hybridized carbons (Fsp3) is 0.238. The number of aliphatic hydroxyl groups is 1. The van der Waals surface area contributed by atoms with Gasteiger partial charge in [-0.05, 0) is 41.7 Å². The van der Waals surface area contributed by atoms with Crippen molar-refractivity contribution in [1.29, 1.82) is 0 Å². The van der Waals surface area contributed by atoms with Crippen molar-refractivity contribution in [3.05, 3.63) is 65.2 Å². The van der Waals surface area contributed by atoms with E-state index in [-0.39, 0.29) is 5.56 Å². The van der Waals surface area contributed by atoms with Crippen LogP contribution in [-0.2, 0) is 0 Å². The average molecular weight is 369 g/mol. The van der Waals surface area contributed by atoms with Crippen LogP contribution in [0.2, 0.25) is 0 Å². The zero-order chi connectivity index (χ0) is 17.8. The summed E-state index contributed by atoms with van der Waals surface area (Å²) in [6.07, 6.45) is 1.32. The van der Waals surface area contributed by atoms with E-state index in [0.29, 0.717) is 11.1 Å². The lowest BCUT2D eigenvalue weighted by Gasteiger charge is -2.17. The second-order valence-electron chi connectivity index (χ2n) is 6.84. The molecule has 26 heavy (non-hydrogen) atoms. The molecule has 3 aromatic rings. The SMILES string of the molecule is OC1c2ccccc2-c2sc(N3CCCC3)cc2-c2c1ccc(F)c2F. The molecule has 1 unspecified atom stereocenters. The number of benzene rings is 2. The summed E-state index contributed by atoms with van der Waals surface area (Å²) < 4.78 is 28.9. The van der Waals surface area contributed by atoms with E-state index < -0.39 is 17.7 Å². The lowest BCUT2D eigenvalue weighted by atomic mass is 9.95. The highest BCUT2D eigenvalue weighted by atomic mass is 32.1. The van der Waals surface area contributed by atoms with Crippen molar-refractivity contribution in [3.63, 3.8) is 0 Å². The van der Waals surface area contributed by atoms with Gasteiger partial charge in [-0.25, -0.2) is 8.78 Å². The van der Waals surface area contributed by atoms with Crippen LogP contribution in [0.3, 0.4) is 0 Å². The van der Waals surface area contributed by atoms with Crippen molar-refractivity contribution in [1.82, 2.24) is 0 Å². The highest BCUT2D eigenvalue weighted by molar-refractivity contribution is 7.20. The summed E-state index contributed by atoms with van der Waals surface area (Å²) in [6, 6.07) is 12.1. The van der Waals surface area contributed by atoms with Gasteiger partial charge < -0.3 is 10.0 Å². The molecule has 2 heterocycles. The number of aliphatic hydroxyl groups excluding tert-OH is 1. The van der Waals surface area contributed by atoms with Gasteiger partial charge in [-0.1, -0.05) is 30.3 Å². The summed E-state index contributed by atoms with van der Waals surface area (Å²) in [5, 5.41) is 12.0. The lowest BCUT2D eigenvalue weighted by molar-refractivity contribution is 0.221. The summed E-state index contributed by atoms with van der Waals surface area (Å²) >= 11 is 1.59. The Bertz CT molecular complexity index is 1010. The summed E-state index contributed by atoms with van der Waals surface area (Å²) in [7, 11) is 0. The number of anilines is 1. The van der Waals surface area contributed by atoms with Crippen LogP contribution in [0.5, 0.6) is 0 Å². The van der Waals surface area contributed by atoms with Gasteiger partial charge in [-0.15, -0.1) is 11.3 Å². The minimum absolute atomic E-state index is 0.186. The third kappa shape index (κ3) is 2.24. The van der Waals surface area contributed by atoms with E-state index >= 15 is 0 Å². The Kier molecular flexibility index (Phi) is 3.62. The summed E-state index contributed by atoms with van der Waals surface area (Å²) in [6.45, 7) is 1.98. The molecular formula is C21H17F2NOS. The van der Waals surface area contributed by atoms with Crippen molar-refractivity contribution in [2.24, 2.45) is 0 Å². The van der Waals surface area contributed by atoms with Crippen LogP contribution >= 0.6 is 11.3 Å². The van der Waals surface area contributed by atoms with Crippen LogP contribution in [0.4, 0.5) is 13.8 Å². The Morgan fingerprint density at radius 3 is 2.54 bits per heavy atom. The largest absolute Gasteiger partial charge is 0.384 e. The van der Waals surface area contributed by atoms with E-state index in [4.69, 9.17) is 0 Å².